The van der Waals surface area contributed by atoms with Gasteiger partial charge in [0.25, 0.3) is 5.91 Å². The van der Waals surface area contributed by atoms with Gasteiger partial charge < -0.3 is 10.1 Å². The number of benzene rings is 2. The molecule has 2 aromatic rings. The Balaban J connectivity index is 2.13. The quantitative estimate of drug-likeness (QED) is 0.889. The fourth-order valence-electron chi connectivity index (χ4n) is 2.34. The van der Waals surface area contributed by atoms with Crippen LogP contribution >= 0.6 is 11.6 Å². The molecule has 0 aliphatic carbocycles. The molecule has 0 spiro atoms. The van der Waals surface area contributed by atoms with Crippen LogP contribution < -0.4 is 5.32 Å². The Hall–Kier alpha value is -1.84. The lowest BCUT2D eigenvalue weighted by Crippen LogP contribution is -2.40. The summed E-state index contributed by atoms with van der Waals surface area (Å²) in [5.41, 5.74) is 3.20. The number of aryl methyl sites for hydroxylation is 2. The molecule has 0 bridgehead atoms. The molecule has 0 radical (unpaired) electrons. The van der Waals surface area contributed by atoms with Gasteiger partial charge in [0.1, 0.15) is 5.60 Å². The van der Waals surface area contributed by atoms with Gasteiger partial charge in [-0.1, -0.05) is 29.8 Å². The molecule has 0 saturated carbocycles. The number of methoxy groups -OCH3 is 1. The molecule has 23 heavy (non-hydrogen) atoms. The van der Waals surface area contributed by atoms with Gasteiger partial charge in [-0.25, -0.2) is 0 Å². The van der Waals surface area contributed by atoms with E-state index in [1.807, 2.05) is 63.2 Å². The number of hydrogen-bond donors (Lipinski definition) is 1. The van der Waals surface area contributed by atoms with E-state index in [0.29, 0.717) is 17.1 Å². The Morgan fingerprint density at radius 3 is 2.52 bits per heavy atom. The van der Waals surface area contributed by atoms with E-state index in [1.54, 1.807) is 7.11 Å². The molecule has 0 aromatic heterocycles. The molecule has 122 valence electrons. The minimum absolute atomic E-state index is 0.113. The van der Waals surface area contributed by atoms with Crippen LogP contribution in [0.5, 0.6) is 0 Å². The predicted octanol–water partition coefficient (Wildman–Crippen LogP) is 4.25. The molecule has 0 aliphatic heterocycles. The third-order valence-corrected chi connectivity index (χ3v) is 4.48. The maximum atomic E-state index is 12.4. The molecule has 1 amide bonds. The van der Waals surface area contributed by atoms with Crippen molar-refractivity contribution < 1.29 is 9.53 Å². The summed E-state index contributed by atoms with van der Waals surface area (Å²) >= 11 is 6.06. The smallest absolute Gasteiger partial charge is 0.251 e. The third-order valence-electron chi connectivity index (χ3n) is 4.24. The molecule has 0 fully saturated rings. The lowest BCUT2D eigenvalue weighted by Gasteiger charge is -2.29. The molecule has 1 N–H and O–H groups in total. The normalized spacial score (nSPS) is 13.4. The van der Waals surface area contributed by atoms with E-state index in [0.717, 1.165) is 11.1 Å². The Morgan fingerprint density at radius 1 is 1.17 bits per heavy atom. The molecule has 2 aromatic carbocycles. The lowest BCUT2D eigenvalue weighted by molar-refractivity contribution is 0.00315. The van der Waals surface area contributed by atoms with Gasteiger partial charge in [-0.3, -0.25) is 4.79 Å². The number of rotatable bonds is 5. The summed E-state index contributed by atoms with van der Waals surface area (Å²) < 4.78 is 5.63. The number of ether oxygens (including phenoxy) is 1. The van der Waals surface area contributed by atoms with Crippen LogP contribution in [0, 0.1) is 13.8 Å². The highest BCUT2D eigenvalue weighted by Crippen LogP contribution is 2.26. The average Bonchev–Trinajstić information content (AvgIpc) is 2.54. The number of amides is 1. The largest absolute Gasteiger partial charge is 0.372 e. The summed E-state index contributed by atoms with van der Waals surface area (Å²) in [6.07, 6.45) is 0. The maximum Gasteiger partial charge on any atom is 0.251 e. The predicted molar refractivity (Wildman–Crippen MR) is 94.1 cm³/mol. The van der Waals surface area contributed by atoms with Crippen molar-refractivity contribution in [3.05, 3.63) is 69.7 Å². The van der Waals surface area contributed by atoms with E-state index in [-0.39, 0.29) is 5.91 Å². The second-order valence-electron chi connectivity index (χ2n) is 5.93. The lowest BCUT2D eigenvalue weighted by atomic mass is 9.95. The highest BCUT2D eigenvalue weighted by molar-refractivity contribution is 6.30. The fourth-order valence-corrected chi connectivity index (χ4v) is 2.53. The van der Waals surface area contributed by atoms with E-state index < -0.39 is 5.60 Å². The number of halogens is 1. The Labute approximate surface area is 142 Å². The van der Waals surface area contributed by atoms with Crippen LogP contribution in [0.4, 0.5) is 0 Å². The standard InChI is InChI=1S/C19H22ClNO2/c1-13-8-9-15(10-14(13)2)18(22)21-12-19(3,23-4)16-6-5-7-17(20)11-16/h5-11H,12H2,1-4H3,(H,21,22). The van der Waals surface area contributed by atoms with Gasteiger partial charge in [0.05, 0.1) is 6.54 Å². The number of carbonyl (C=O) groups excluding carboxylic acids is 1. The second kappa shape index (κ2) is 7.16. The van der Waals surface area contributed by atoms with Crippen LogP contribution in [0.25, 0.3) is 0 Å². The first-order valence-corrected chi connectivity index (χ1v) is 7.90. The van der Waals surface area contributed by atoms with Crippen molar-refractivity contribution in [3.8, 4) is 0 Å². The SMILES string of the molecule is COC(C)(CNC(=O)c1ccc(C)c(C)c1)c1cccc(Cl)c1. The van der Waals surface area contributed by atoms with E-state index in [1.165, 1.54) is 5.56 Å². The molecule has 0 aliphatic rings. The van der Waals surface area contributed by atoms with Crippen molar-refractivity contribution in [1.29, 1.82) is 0 Å². The Morgan fingerprint density at radius 2 is 1.91 bits per heavy atom. The topological polar surface area (TPSA) is 38.3 Å². The van der Waals surface area contributed by atoms with Crippen molar-refractivity contribution in [3.63, 3.8) is 0 Å². The van der Waals surface area contributed by atoms with Crippen LogP contribution in [0.2, 0.25) is 5.02 Å². The van der Waals surface area contributed by atoms with E-state index in [2.05, 4.69) is 5.32 Å². The first kappa shape index (κ1) is 17.5. The molecular formula is C19H22ClNO2. The van der Waals surface area contributed by atoms with Crippen molar-refractivity contribution in [2.75, 3.05) is 13.7 Å². The zero-order valence-corrected chi connectivity index (χ0v) is 14.7. The highest BCUT2D eigenvalue weighted by atomic mass is 35.5. The van der Waals surface area contributed by atoms with E-state index in [4.69, 9.17) is 16.3 Å². The summed E-state index contributed by atoms with van der Waals surface area (Å²) in [5, 5.41) is 3.59. The van der Waals surface area contributed by atoms with Crippen LogP contribution in [0.3, 0.4) is 0 Å². The van der Waals surface area contributed by atoms with Crippen molar-refractivity contribution >= 4 is 17.5 Å². The Bertz CT molecular complexity index is 714. The van der Waals surface area contributed by atoms with E-state index in [9.17, 15) is 4.79 Å². The van der Waals surface area contributed by atoms with Gasteiger partial charge in [0.2, 0.25) is 0 Å². The van der Waals surface area contributed by atoms with Gasteiger partial charge in [0, 0.05) is 17.7 Å². The van der Waals surface area contributed by atoms with Crippen molar-refractivity contribution in [2.45, 2.75) is 26.4 Å². The minimum atomic E-state index is -0.639. The zero-order valence-electron chi connectivity index (χ0n) is 13.9. The first-order chi connectivity index (χ1) is 10.9. The second-order valence-corrected chi connectivity index (χ2v) is 6.36. The van der Waals surface area contributed by atoms with Crippen LogP contribution in [-0.4, -0.2) is 19.6 Å². The molecule has 4 heteroatoms. The molecule has 0 heterocycles. The third kappa shape index (κ3) is 4.12. The van der Waals surface area contributed by atoms with Gasteiger partial charge in [-0.15, -0.1) is 0 Å². The monoisotopic (exact) mass is 331 g/mol. The minimum Gasteiger partial charge on any atom is -0.372 e. The van der Waals surface area contributed by atoms with Crippen LogP contribution in [0.1, 0.15) is 34.0 Å². The summed E-state index contributed by atoms with van der Waals surface area (Å²) in [6.45, 7) is 6.31. The Kier molecular flexibility index (Phi) is 5.45. The molecular weight excluding hydrogens is 310 g/mol. The highest BCUT2D eigenvalue weighted by Gasteiger charge is 2.27. The zero-order chi connectivity index (χ0) is 17.0. The van der Waals surface area contributed by atoms with Gasteiger partial charge >= 0.3 is 0 Å². The van der Waals surface area contributed by atoms with Gasteiger partial charge in [-0.2, -0.15) is 0 Å². The molecule has 0 saturated heterocycles. The van der Waals surface area contributed by atoms with Crippen molar-refractivity contribution in [2.24, 2.45) is 0 Å². The van der Waals surface area contributed by atoms with E-state index >= 15 is 0 Å². The van der Waals surface area contributed by atoms with Crippen LogP contribution in [0.15, 0.2) is 42.5 Å². The summed E-state index contributed by atoms with van der Waals surface area (Å²) in [6, 6.07) is 13.2. The summed E-state index contributed by atoms with van der Waals surface area (Å²) in [5.74, 6) is -0.113. The summed E-state index contributed by atoms with van der Waals surface area (Å²) in [4.78, 5) is 12.4. The van der Waals surface area contributed by atoms with Gasteiger partial charge in [0.15, 0.2) is 0 Å². The average molecular weight is 332 g/mol. The number of nitrogens with one attached hydrogen (secondary N) is 1. The molecule has 2 rings (SSSR count). The molecule has 3 nitrogen and oxygen atoms in total. The van der Waals surface area contributed by atoms with Crippen molar-refractivity contribution in [1.82, 2.24) is 5.32 Å². The van der Waals surface area contributed by atoms with Gasteiger partial charge in [-0.05, 0) is 61.7 Å². The summed E-state index contributed by atoms with van der Waals surface area (Å²) in [7, 11) is 1.63. The number of hydrogen-bond acceptors (Lipinski definition) is 2. The first-order valence-electron chi connectivity index (χ1n) is 7.52. The number of carbonyl (C=O) groups is 1. The molecule has 1 unspecified atom stereocenters. The maximum absolute atomic E-state index is 12.4. The fraction of sp³-hybridized carbons (Fsp3) is 0.316. The van der Waals surface area contributed by atoms with Crippen LogP contribution in [-0.2, 0) is 10.3 Å². The molecule has 1 atom stereocenters.